The summed E-state index contributed by atoms with van der Waals surface area (Å²) in [4.78, 5) is 18.2. The Hall–Kier alpha value is -1.63. The molecule has 2 heterocycles. The minimum absolute atomic E-state index is 0.0241. The summed E-state index contributed by atoms with van der Waals surface area (Å²) < 4.78 is 23.4. The van der Waals surface area contributed by atoms with E-state index in [1.807, 2.05) is 24.8 Å². The summed E-state index contributed by atoms with van der Waals surface area (Å²) in [6.07, 6.45) is 3.10. The molecule has 1 aliphatic rings. The van der Waals surface area contributed by atoms with E-state index in [9.17, 15) is 13.2 Å². The maximum Gasteiger partial charge on any atom is 0.269 e. The summed E-state index contributed by atoms with van der Waals surface area (Å²) in [6.45, 7) is 5.29. The maximum absolute atomic E-state index is 12.0. The van der Waals surface area contributed by atoms with Gasteiger partial charge in [-0.05, 0) is 31.9 Å². The van der Waals surface area contributed by atoms with Gasteiger partial charge in [0.1, 0.15) is 5.69 Å². The van der Waals surface area contributed by atoms with E-state index in [1.165, 1.54) is 0 Å². The lowest BCUT2D eigenvalue weighted by molar-refractivity contribution is 0.0948. The van der Waals surface area contributed by atoms with Gasteiger partial charge in [-0.15, -0.1) is 0 Å². The van der Waals surface area contributed by atoms with Crippen molar-refractivity contribution in [1.29, 1.82) is 0 Å². The lowest BCUT2D eigenvalue weighted by atomic mass is 10.2. The molecule has 1 fully saturated rings. The van der Waals surface area contributed by atoms with Crippen molar-refractivity contribution in [2.24, 2.45) is 0 Å². The molecule has 1 unspecified atom stereocenters. The number of nitrogens with one attached hydrogen (secondary N) is 1. The topological polar surface area (TPSA) is 79.4 Å². The molecule has 1 saturated heterocycles. The van der Waals surface area contributed by atoms with Gasteiger partial charge in [0.05, 0.1) is 11.5 Å². The van der Waals surface area contributed by atoms with Crippen molar-refractivity contribution in [3.05, 3.63) is 24.0 Å². The van der Waals surface area contributed by atoms with Crippen LogP contribution in [0.5, 0.6) is 0 Å². The van der Waals surface area contributed by atoms with Crippen LogP contribution in [0.3, 0.4) is 0 Å². The second-order valence-corrected chi connectivity index (χ2v) is 7.73. The van der Waals surface area contributed by atoms with Crippen molar-refractivity contribution in [3.63, 3.8) is 0 Å². The molecular formula is C15H23N3O3S. The van der Waals surface area contributed by atoms with E-state index >= 15 is 0 Å². The monoisotopic (exact) mass is 325 g/mol. The first-order valence-electron chi connectivity index (χ1n) is 7.68. The van der Waals surface area contributed by atoms with Gasteiger partial charge in [0, 0.05) is 31.0 Å². The number of anilines is 1. The number of aromatic nitrogens is 1. The highest BCUT2D eigenvalue weighted by atomic mass is 32.2. The number of sulfone groups is 1. The van der Waals surface area contributed by atoms with Crippen molar-refractivity contribution >= 4 is 21.4 Å². The minimum Gasteiger partial charge on any atom is -0.368 e. The number of nitrogens with zero attached hydrogens (tertiary/aromatic N) is 2. The third-order valence-corrected chi connectivity index (χ3v) is 5.58. The van der Waals surface area contributed by atoms with Crippen LogP contribution in [0, 0.1) is 0 Å². The molecule has 6 nitrogen and oxygen atoms in total. The second kappa shape index (κ2) is 7.09. The van der Waals surface area contributed by atoms with Crippen molar-refractivity contribution in [2.45, 2.75) is 32.7 Å². The molecule has 0 aliphatic carbocycles. The Morgan fingerprint density at radius 1 is 1.45 bits per heavy atom. The van der Waals surface area contributed by atoms with Gasteiger partial charge in [-0.2, -0.15) is 0 Å². The third kappa shape index (κ3) is 3.97. The van der Waals surface area contributed by atoms with Crippen LogP contribution in [0.25, 0.3) is 0 Å². The Kier molecular flexibility index (Phi) is 5.39. The lowest BCUT2D eigenvalue weighted by Gasteiger charge is -2.29. The zero-order valence-corrected chi connectivity index (χ0v) is 13.9. The van der Waals surface area contributed by atoms with Gasteiger partial charge in [0.15, 0.2) is 9.84 Å². The highest BCUT2D eigenvalue weighted by Gasteiger charge is 2.32. The number of hydrogen-bond acceptors (Lipinski definition) is 5. The number of carbonyl (C=O) groups is 1. The van der Waals surface area contributed by atoms with Crippen LogP contribution in [0.15, 0.2) is 18.3 Å². The molecular weight excluding hydrogens is 302 g/mol. The zero-order valence-electron chi connectivity index (χ0n) is 13.1. The molecule has 0 saturated carbocycles. The highest BCUT2D eigenvalue weighted by molar-refractivity contribution is 7.91. The fourth-order valence-corrected chi connectivity index (χ4v) is 4.45. The van der Waals surface area contributed by atoms with Crippen LogP contribution in [0.4, 0.5) is 5.69 Å². The van der Waals surface area contributed by atoms with Crippen LogP contribution < -0.4 is 10.2 Å². The van der Waals surface area contributed by atoms with Crippen LogP contribution in [0.1, 0.15) is 37.2 Å². The normalized spacial score (nSPS) is 19.8. The summed E-state index contributed by atoms with van der Waals surface area (Å²) in [5.41, 5.74) is 1.21. The Labute approximate surface area is 131 Å². The molecule has 0 aromatic carbocycles. The summed E-state index contributed by atoms with van der Waals surface area (Å²) in [6, 6.07) is 3.54. The summed E-state index contributed by atoms with van der Waals surface area (Å²) >= 11 is 0. The standard InChI is InChI=1S/C15H23N3O3S/c1-3-7-17-15(19)14-10-12(5-8-16-14)18(4-2)13-6-9-22(20,21)11-13/h5,8,10,13H,3-4,6-7,9,11H2,1-2H3,(H,17,19). The Morgan fingerprint density at radius 2 is 2.23 bits per heavy atom. The Morgan fingerprint density at radius 3 is 2.82 bits per heavy atom. The van der Waals surface area contributed by atoms with Gasteiger partial charge < -0.3 is 10.2 Å². The minimum atomic E-state index is -2.93. The quantitative estimate of drug-likeness (QED) is 0.851. The Bertz CT molecular complexity index is 631. The molecule has 0 spiro atoms. The zero-order chi connectivity index (χ0) is 16.2. The third-order valence-electron chi connectivity index (χ3n) is 3.83. The van der Waals surface area contributed by atoms with Crippen LogP contribution in [-0.2, 0) is 9.84 Å². The molecule has 7 heteroatoms. The summed E-state index contributed by atoms with van der Waals surface area (Å²) in [5.74, 6) is 0.225. The van der Waals surface area contributed by atoms with Gasteiger partial charge in [0.25, 0.3) is 5.91 Å². The number of carbonyl (C=O) groups excluding carboxylic acids is 1. The Balaban J connectivity index is 2.18. The SMILES string of the molecule is CCCNC(=O)c1cc(N(CC)C2CCS(=O)(=O)C2)ccn1. The molecule has 122 valence electrons. The van der Waals surface area contributed by atoms with E-state index in [1.54, 1.807) is 12.3 Å². The van der Waals surface area contributed by atoms with Crippen molar-refractivity contribution in [3.8, 4) is 0 Å². The van der Waals surface area contributed by atoms with E-state index in [0.29, 0.717) is 25.2 Å². The van der Waals surface area contributed by atoms with Gasteiger partial charge in [0.2, 0.25) is 0 Å². The van der Waals surface area contributed by atoms with E-state index in [-0.39, 0.29) is 23.5 Å². The number of hydrogen-bond donors (Lipinski definition) is 1. The molecule has 2 rings (SSSR count). The average Bonchev–Trinajstić information content (AvgIpc) is 2.86. The number of rotatable bonds is 6. The molecule has 1 aromatic heterocycles. The fourth-order valence-electron chi connectivity index (χ4n) is 2.72. The van der Waals surface area contributed by atoms with Crippen molar-refractivity contribution < 1.29 is 13.2 Å². The van der Waals surface area contributed by atoms with Gasteiger partial charge >= 0.3 is 0 Å². The second-order valence-electron chi connectivity index (χ2n) is 5.50. The first-order chi connectivity index (χ1) is 10.5. The van der Waals surface area contributed by atoms with Gasteiger partial charge in [-0.3, -0.25) is 9.78 Å². The average molecular weight is 325 g/mol. The summed E-state index contributed by atoms with van der Waals surface area (Å²) in [5, 5.41) is 2.80. The molecule has 1 aliphatic heterocycles. The molecule has 0 radical (unpaired) electrons. The first kappa shape index (κ1) is 16.7. The van der Waals surface area contributed by atoms with E-state index in [2.05, 4.69) is 10.3 Å². The van der Waals surface area contributed by atoms with Crippen LogP contribution in [0.2, 0.25) is 0 Å². The lowest BCUT2D eigenvalue weighted by Crippen LogP contribution is -2.36. The fraction of sp³-hybridized carbons (Fsp3) is 0.600. The molecule has 1 amide bonds. The van der Waals surface area contributed by atoms with E-state index in [4.69, 9.17) is 0 Å². The first-order valence-corrected chi connectivity index (χ1v) is 9.50. The summed E-state index contributed by atoms with van der Waals surface area (Å²) in [7, 11) is -2.93. The van der Waals surface area contributed by atoms with Gasteiger partial charge in [-0.25, -0.2) is 8.42 Å². The predicted molar refractivity (Wildman–Crippen MR) is 86.9 cm³/mol. The highest BCUT2D eigenvalue weighted by Crippen LogP contribution is 2.24. The molecule has 1 N–H and O–H groups in total. The molecule has 1 atom stereocenters. The predicted octanol–water partition coefficient (Wildman–Crippen LogP) is 1.23. The number of pyridine rings is 1. The smallest absolute Gasteiger partial charge is 0.269 e. The van der Waals surface area contributed by atoms with Crippen molar-refractivity contribution in [2.75, 3.05) is 29.5 Å². The van der Waals surface area contributed by atoms with Crippen LogP contribution in [-0.4, -0.2) is 49.9 Å². The maximum atomic E-state index is 12.0. The van der Waals surface area contributed by atoms with Crippen molar-refractivity contribution in [1.82, 2.24) is 10.3 Å². The van der Waals surface area contributed by atoms with E-state index in [0.717, 1.165) is 12.1 Å². The molecule has 0 bridgehead atoms. The largest absolute Gasteiger partial charge is 0.368 e. The van der Waals surface area contributed by atoms with Crippen LogP contribution >= 0.6 is 0 Å². The molecule has 22 heavy (non-hydrogen) atoms. The van der Waals surface area contributed by atoms with E-state index < -0.39 is 9.84 Å². The number of amides is 1. The molecule has 1 aromatic rings. The van der Waals surface area contributed by atoms with Gasteiger partial charge in [-0.1, -0.05) is 6.92 Å².